The zero-order chi connectivity index (χ0) is 14.9. The maximum absolute atomic E-state index is 10.0. The Morgan fingerprint density at radius 2 is 1.53 bits per heavy atom. The molecule has 1 aliphatic rings. The Balaban J connectivity index is 2.69. The summed E-state index contributed by atoms with van der Waals surface area (Å²) in [5.74, 6) is 0. The van der Waals surface area contributed by atoms with Crippen LogP contribution in [0.2, 0.25) is 0 Å². The second-order valence-electron chi connectivity index (χ2n) is 8.53. The monoisotopic (exact) mass is 267 g/mol. The molecular formula is C17H33NO. The van der Waals surface area contributed by atoms with E-state index in [1.165, 1.54) is 0 Å². The van der Waals surface area contributed by atoms with Gasteiger partial charge in [-0.05, 0) is 52.4 Å². The van der Waals surface area contributed by atoms with Gasteiger partial charge >= 0.3 is 0 Å². The minimum Gasteiger partial charge on any atom is -0.393 e. The lowest BCUT2D eigenvalue weighted by Gasteiger charge is -2.54. The van der Waals surface area contributed by atoms with Crippen LogP contribution in [-0.2, 0) is 0 Å². The minimum absolute atomic E-state index is 0.0627. The maximum atomic E-state index is 10.0. The summed E-state index contributed by atoms with van der Waals surface area (Å²) in [6, 6.07) is 0. The summed E-state index contributed by atoms with van der Waals surface area (Å²) in [5, 5.41) is 10.0. The molecule has 0 amide bonds. The highest BCUT2D eigenvalue weighted by Gasteiger charge is 2.43. The molecule has 0 aromatic heterocycles. The van der Waals surface area contributed by atoms with Gasteiger partial charge in [0.25, 0.3) is 0 Å². The van der Waals surface area contributed by atoms with Crippen molar-refractivity contribution in [3.8, 4) is 0 Å². The van der Waals surface area contributed by atoms with Crippen LogP contribution in [0.1, 0.15) is 67.7 Å². The third-order valence-corrected chi connectivity index (χ3v) is 4.12. The summed E-state index contributed by atoms with van der Waals surface area (Å²) in [6.07, 6.45) is 7.28. The van der Waals surface area contributed by atoms with Gasteiger partial charge in [0, 0.05) is 17.6 Å². The van der Waals surface area contributed by atoms with Crippen LogP contribution < -0.4 is 0 Å². The molecule has 0 unspecified atom stereocenters. The third kappa shape index (κ3) is 4.92. The van der Waals surface area contributed by atoms with Gasteiger partial charge < -0.3 is 5.11 Å². The molecule has 0 spiro atoms. The van der Waals surface area contributed by atoms with Crippen LogP contribution >= 0.6 is 0 Å². The Kier molecular flexibility index (Phi) is 4.90. The molecule has 1 saturated heterocycles. The van der Waals surface area contributed by atoms with Crippen molar-refractivity contribution in [3.63, 3.8) is 0 Å². The molecule has 2 nitrogen and oxygen atoms in total. The summed E-state index contributed by atoms with van der Waals surface area (Å²) in [6.45, 7) is 16.8. The Hall–Kier alpha value is -0.340. The molecule has 1 heterocycles. The lowest BCUT2D eigenvalue weighted by atomic mass is 9.78. The number of likely N-dealkylation sites (tertiary alicyclic amines) is 1. The van der Waals surface area contributed by atoms with Crippen LogP contribution in [0.4, 0.5) is 0 Å². The standard InChI is InChI=1S/C17H33NO/c1-15(2,3)10-8-9-11-18-16(4,5)12-14(19)13-17(18,6)7/h8-9,14,19H,10-13H2,1-7H3. The Labute approximate surface area is 119 Å². The predicted molar refractivity (Wildman–Crippen MR) is 83.3 cm³/mol. The first-order chi connectivity index (χ1) is 8.44. The first-order valence-corrected chi connectivity index (χ1v) is 7.55. The van der Waals surface area contributed by atoms with Crippen LogP contribution in [0.3, 0.4) is 0 Å². The van der Waals surface area contributed by atoms with Crippen molar-refractivity contribution in [2.45, 2.75) is 84.9 Å². The lowest BCUT2D eigenvalue weighted by molar-refractivity contribution is -0.0736. The number of rotatable bonds is 3. The quantitative estimate of drug-likeness (QED) is 0.782. The Morgan fingerprint density at radius 1 is 1.05 bits per heavy atom. The van der Waals surface area contributed by atoms with E-state index in [2.05, 4.69) is 65.5 Å². The highest BCUT2D eigenvalue weighted by molar-refractivity contribution is 5.03. The van der Waals surface area contributed by atoms with Crippen LogP contribution in [0.5, 0.6) is 0 Å². The van der Waals surface area contributed by atoms with Crippen LogP contribution in [0.15, 0.2) is 12.2 Å². The van der Waals surface area contributed by atoms with E-state index in [1.807, 2.05) is 0 Å². The van der Waals surface area contributed by atoms with Gasteiger partial charge in [-0.15, -0.1) is 0 Å². The Bertz CT molecular complexity index is 305. The number of allylic oxidation sites excluding steroid dienone is 1. The molecule has 0 bridgehead atoms. The van der Waals surface area contributed by atoms with Crippen molar-refractivity contribution < 1.29 is 5.11 Å². The van der Waals surface area contributed by atoms with E-state index in [0.717, 1.165) is 25.8 Å². The fraction of sp³-hybridized carbons (Fsp3) is 0.882. The fourth-order valence-electron chi connectivity index (χ4n) is 3.38. The number of piperidine rings is 1. The molecule has 0 aromatic rings. The van der Waals surface area contributed by atoms with Gasteiger partial charge in [-0.25, -0.2) is 0 Å². The van der Waals surface area contributed by atoms with Crippen molar-refractivity contribution in [1.82, 2.24) is 4.90 Å². The SMILES string of the molecule is CC(C)(C)CC=CCN1C(C)(C)CC(O)CC1(C)C. The van der Waals surface area contributed by atoms with E-state index >= 15 is 0 Å². The summed E-state index contributed by atoms with van der Waals surface area (Å²) < 4.78 is 0. The second kappa shape index (κ2) is 5.57. The van der Waals surface area contributed by atoms with Crippen molar-refractivity contribution in [3.05, 3.63) is 12.2 Å². The smallest absolute Gasteiger partial charge is 0.0575 e. The van der Waals surface area contributed by atoms with Crippen molar-refractivity contribution in [2.75, 3.05) is 6.54 Å². The fourth-order valence-corrected chi connectivity index (χ4v) is 3.38. The third-order valence-electron chi connectivity index (χ3n) is 4.12. The van der Waals surface area contributed by atoms with E-state index < -0.39 is 0 Å². The molecule has 19 heavy (non-hydrogen) atoms. The van der Waals surface area contributed by atoms with E-state index in [4.69, 9.17) is 0 Å². The van der Waals surface area contributed by atoms with Gasteiger partial charge in [0.05, 0.1) is 6.10 Å². The molecule has 0 atom stereocenters. The average molecular weight is 267 g/mol. The molecule has 1 aliphatic heterocycles. The molecule has 112 valence electrons. The number of aliphatic hydroxyl groups excluding tert-OH is 1. The molecule has 0 radical (unpaired) electrons. The number of aliphatic hydroxyl groups is 1. The zero-order valence-corrected chi connectivity index (χ0v) is 14.0. The first kappa shape index (κ1) is 16.7. The summed E-state index contributed by atoms with van der Waals surface area (Å²) in [7, 11) is 0. The zero-order valence-electron chi connectivity index (χ0n) is 14.0. The maximum Gasteiger partial charge on any atom is 0.0575 e. The normalized spacial score (nSPS) is 25.1. The van der Waals surface area contributed by atoms with Gasteiger partial charge in [-0.2, -0.15) is 0 Å². The van der Waals surface area contributed by atoms with Gasteiger partial charge in [-0.1, -0.05) is 32.9 Å². The number of hydrogen-bond donors (Lipinski definition) is 1. The van der Waals surface area contributed by atoms with Crippen LogP contribution in [0.25, 0.3) is 0 Å². The highest BCUT2D eigenvalue weighted by atomic mass is 16.3. The number of hydrogen-bond acceptors (Lipinski definition) is 2. The van der Waals surface area contributed by atoms with Gasteiger partial charge in [0.15, 0.2) is 0 Å². The largest absolute Gasteiger partial charge is 0.393 e. The molecule has 0 saturated carbocycles. The first-order valence-electron chi connectivity index (χ1n) is 7.55. The van der Waals surface area contributed by atoms with Gasteiger partial charge in [-0.3, -0.25) is 4.90 Å². The molecule has 1 fully saturated rings. The van der Waals surface area contributed by atoms with Crippen molar-refractivity contribution >= 4 is 0 Å². The molecule has 1 N–H and O–H groups in total. The van der Waals surface area contributed by atoms with Crippen molar-refractivity contribution in [1.29, 1.82) is 0 Å². The summed E-state index contributed by atoms with van der Waals surface area (Å²) in [5.41, 5.74) is 0.486. The molecule has 2 heteroatoms. The Morgan fingerprint density at radius 3 is 1.95 bits per heavy atom. The van der Waals surface area contributed by atoms with E-state index in [1.54, 1.807) is 0 Å². The molecule has 0 aromatic carbocycles. The van der Waals surface area contributed by atoms with E-state index in [-0.39, 0.29) is 17.2 Å². The van der Waals surface area contributed by atoms with Crippen LogP contribution in [0, 0.1) is 5.41 Å². The second-order valence-corrected chi connectivity index (χ2v) is 8.53. The van der Waals surface area contributed by atoms with Gasteiger partial charge in [0.1, 0.15) is 0 Å². The minimum atomic E-state index is -0.167. The topological polar surface area (TPSA) is 23.5 Å². The lowest BCUT2D eigenvalue weighted by Crippen LogP contribution is -2.61. The predicted octanol–water partition coefficient (Wildman–Crippen LogP) is 3.99. The molecule has 1 rings (SSSR count). The van der Waals surface area contributed by atoms with Gasteiger partial charge in [0.2, 0.25) is 0 Å². The molecule has 0 aliphatic carbocycles. The van der Waals surface area contributed by atoms with E-state index in [9.17, 15) is 5.11 Å². The van der Waals surface area contributed by atoms with Crippen molar-refractivity contribution in [2.24, 2.45) is 5.41 Å². The average Bonchev–Trinajstić information content (AvgIpc) is 2.10. The highest BCUT2D eigenvalue weighted by Crippen LogP contribution is 2.38. The van der Waals surface area contributed by atoms with E-state index in [0.29, 0.717) is 5.41 Å². The number of nitrogens with zero attached hydrogens (tertiary/aromatic N) is 1. The summed E-state index contributed by atoms with van der Waals surface area (Å²) >= 11 is 0. The van der Waals surface area contributed by atoms with Crippen LogP contribution in [-0.4, -0.2) is 33.7 Å². The summed E-state index contributed by atoms with van der Waals surface area (Å²) in [4.78, 5) is 2.53. The molecular weight excluding hydrogens is 234 g/mol.